The Morgan fingerprint density at radius 3 is 2.96 bits per heavy atom. The number of urea groups is 1. The molecule has 1 fully saturated rings. The lowest BCUT2D eigenvalue weighted by Crippen LogP contribution is -2.64. The lowest BCUT2D eigenvalue weighted by atomic mass is 10.1. The minimum absolute atomic E-state index is 0.0676. The van der Waals surface area contributed by atoms with Crippen LogP contribution in [0.15, 0.2) is 43.9 Å². The van der Waals surface area contributed by atoms with E-state index in [0.29, 0.717) is 23.1 Å². The van der Waals surface area contributed by atoms with Crippen LogP contribution in [0.1, 0.15) is 12.5 Å². The number of phenols is 1. The zero-order chi connectivity index (χ0) is 20.4. The number of imide groups is 1. The van der Waals surface area contributed by atoms with E-state index in [-0.39, 0.29) is 5.75 Å². The maximum absolute atomic E-state index is 12.4. The Kier molecular flexibility index (Phi) is 5.90. The first kappa shape index (κ1) is 20.2. The largest absolute Gasteiger partial charge is 0.507 e. The van der Waals surface area contributed by atoms with Crippen molar-refractivity contribution in [3.8, 4) is 5.75 Å². The lowest BCUT2D eigenvalue weighted by Gasteiger charge is -2.35. The number of benzene rings is 1. The number of amides is 3. The topological polar surface area (TPSA) is 110 Å². The molecular weight excluding hydrogens is 452 g/mol. The summed E-state index contributed by atoms with van der Waals surface area (Å²) in [7, 11) is 1.56. The van der Waals surface area contributed by atoms with Gasteiger partial charge in [-0.2, -0.15) is 5.10 Å². The Labute approximate surface area is 174 Å². The molecule has 2 aliphatic rings. The van der Waals surface area contributed by atoms with E-state index in [2.05, 4.69) is 36.8 Å². The van der Waals surface area contributed by atoms with Crippen molar-refractivity contribution in [2.75, 3.05) is 13.6 Å². The van der Waals surface area contributed by atoms with Crippen LogP contribution in [-0.4, -0.2) is 64.8 Å². The zero-order valence-corrected chi connectivity index (χ0v) is 17.4. The summed E-state index contributed by atoms with van der Waals surface area (Å²) < 4.78 is 0.789. The van der Waals surface area contributed by atoms with Crippen molar-refractivity contribution in [1.29, 1.82) is 0 Å². The lowest BCUT2D eigenvalue weighted by molar-refractivity contribution is -0.126. The first-order valence-corrected chi connectivity index (χ1v) is 9.47. The maximum Gasteiger partial charge on any atom is 0.325 e. The standard InChI is InChI=1S/C17H18BrClN6O3/c1-9(19)5-6-25-13-14(24(2)17(28)22-15(13)27)21-16(25)23-20-8-10-7-11(18)3-4-12(10)26/h3-5,7-8,13-14,26H,6H2,1-2H3,(H,21,23)(H,22,27,28)/b9-5-,20-8-. The number of aliphatic imine (C=N–C) groups is 1. The molecule has 3 N–H and O–H groups in total. The molecule has 0 aromatic heterocycles. The highest BCUT2D eigenvalue weighted by molar-refractivity contribution is 9.10. The molecule has 0 bridgehead atoms. The van der Waals surface area contributed by atoms with E-state index in [0.717, 1.165) is 4.47 Å². The number of fused-ring (bicyclic) bond motifs is 1. The number of carbonyl (C=O) groups is 2. The van der Waals surface area contributed by atoms with Gasteiger partial charge in [0.2, 0.25) is 5.96 Å². The molecule has 0 saturated carbocycles. The van der Waals surface area contributed by atoms with Gasteiger partial charge in [-0.25, -0.2) is 15.2 Å². The first-order valence-electron chi connectivity index (χ1n) is 8.30. The summed E-state index contributed by atoms with van der Waals surface area (Å²) in [5.41, 5.74) is 3.28. The van der Waals surface area contributed by atoms with Gasteiger partial charge in [0.25, 0.3) is 5.91 Å². The molecule has 2 heterocycles. The van der Waals surface area contributed by atoms with Gasteiger partial charge in [0.1, 0.15) is 5.75 Å². The number of hydrazone groups is 1. The van der Waals surface area contributed by atoms with Crippen LogP contribution >= 0.6 is 27.5 Å². The number of hydrogen-bond acceptors (Lipinski definition) is 7. The second-order valence-corrected chi connectivity index (χ2v) is 7.74. The van der Waals surface area contributed by atoms with Crippen LogP contribution in [0.25, 0.3) is 0 Å². The molecule has 3 amide bonds. The molecule has 0 aliphatic carbocycles. The molecule has 28 heavy (non-hydrogen) atoms. The summed E-state index contributed by atoms with van der Waals surface area (Å²) in [4.78, 5) is 31.7. The summed E-state index contributed by atoms with van der Waals surface area (Å²) in [6.07, 6.45) is 2.48. The van der Waals surface area contributed by atoms with Crippen molar-refractivity contribution in [2.24, 2.45) is 10.1 Å². The van der Waals surface area contributed by atoms with Gasteiger partial charge in [0.15, 0.2) is 12.2 Å². The number of carbonyl (C=O) groups excluding carboxylic acids is 2. The van der Waals surface area contributed by atoms with Gasteiger partial charge >= 0.3 is 6.03 Å². The van der Waals surface area contributed by atoms with Crippen LogP contribution < -0.4 is 10.7 Å². The molecule has 11 heteroatoms. The van der Waals surface area contributed by atoms with Crippen LogP contribution in [0.4, 0.5) is 4.79 Å². The minimum atomic E-state index is -0.702. The fourth-order valence-electron chi connectivity index (χ4n) is 2.83. The van der Waals surface area contributed by atoms with Crippen LogP contribution in [0.3, 0.4) is 0 Å². The molecule has 2 atom stereocenters. The number of hydrogen-bond donors (Lipinski definition) is 3. The van der Waals surface area contributed by atoms with Gasteiger partial charge < -0.3 is 14.9 Å². The number of halogens is 2. The smallest absolute Gasteiger partial charge is 0.325 e. The molecule has 9 nitrogen and oxygen atoms in total. The molecule has 2 aliphatic heterocycles. The van der Waals surface area contributed by atoms with Gasteiger partial charge in [0, 0.05) is 28.7 Å². The SMILES string of the molecule is C/C(Cl)=C/CN1C(N/N=C\c2cc(Br)ccc2O)=NC2C1C(=O)NC(=O)N2C. The Morgan fingerprint density at radius 2 is 2.25 bits per heavy atom. The summed E-state index contributed by atoms with van der Waals surface area (Å²) in [5.74, 6) is -0.0625. The molecule has 3 rings (SSSR count). The second kappa shape index (κ2) is 8.19. The third kappa shape index (κ3) is 4.12. The van der Waals surface area contributed by atoms with Gasteiger partial charge in [-0.3, -0.25) is 10.1 Å². The predicted molar refractivity (Wildman–Crippen MR) is 109 cm³/mol. The molecule has 2 unspecified atom stereocenters. The van der Waals surface area contributed by atoms with Gasteiger partial charge in [-0.05, 0) is 25.1 Å². The van der Waals surface area contributed by atoms with Gasteiger partial charge in [0.05, 0.1) is 6.21 Å². The number of rotatable bonds is 4. The van der Waals surface area contributed by atoms with E-state index >= 15 is 0 Å². The Morgan fingerprint density at radius 1 is 1.50 bits per heavy atom. The molecular formula is C17H18BrClN6O3. The van der Waals surface area contributed by atoms with E-state index < -0.39 is 24.1 Å². The van der Waals surface area contributed by atoms with Crippen molar-refractivity contribution < 1.29 is 14.7 Å². The number of guanidine groups is 1. The normalized spacial score (nSPS) is 22.4. The number of nitrogens with one attached hydrogen (secondary N) is 2. The fraction of sp³-hybridized carbons (Fsp3) is 0.294. The zero-order valence-electron chi connectivity index (χ0n) is 15.1. The van der Waals surface area contributed by atoms with Gasteiger partial charge in [-0.15, -0.1) is 0 Å². The fourth-order valence-corrected chi connectivity index (χ4v) is 3.28. The molecule has 0 radical (unpaired) electrons. The number of allylic oxidation sites excluding steroid dienone is 1. The summed E-state index contributed by atoms with van der Waals surface area (Å²) in [6.45, 7) is 2.03. The van der Waals surface area contributed by atoms with E-state index in [1.165, 1.54) is 11.1 Å². The highest BCUT2D eigenvalue weighted by Crippen LogP contribution is 2.24. The average Bonchev–Trinajstić information content (AvgIpc) is 3.00. The van der Waals surface area contributed by atoms with E-state index in [9.17, 15) is 14.7 Å². The number of aromatic hydroxyl groups is 1. The Bertz CT molecular complexity index is 899. The van der Waals surface area contributed by atoms with Crippen LogP contribution in [0.2, 0.25) is 0 Å². The molecule has 1 aromatic carbocycles. The first-order chi connectivity index (χ1) is 13.3. The second-order valence-electron chi connectivity index (χ2n) is 6.23. The van der Waals surface area contributed by atoms with E-state index in [4.69, 9.17) is 11.6 Å². The summed E-state index contributed by atoms with van der Waals surface area (Å²) in [6, 6.07) is 3.74. The van der Waals surface area contributed by atoms with Crippen molar-refractivity contribution in [3.63, 3.8) is 0 Å². The third-order valence-electron chi connectivity index (χ3n) is 4.29. The number of nitrogens with zero attached hydrogens (tertiary/aromatic N) is 4. The van der Waals surface area contributed by atoms with E-state index in [1.807, 2.05) is 0 Å². The average molecular weight is 470 g/mol. The molecule has 0 spiro atoms. The van der Waals surface area contributed by atoms with E-state index in [1.54, 1.807) is 43.1 Å². The van der Waals surface area contributed by atoms with Gasteiger partial charge in [-0.1, -0.05) is 33.6 Å². The Hall–Kier alpha value is -2.59. The van der Waals surface area contributed by atoms with Crippen LogP contribution in [0, 0.1) is 0 Å². The molecule has 148 valence electrons. The number of likely N-dealkylation sites (N-methyl/N-ethyl adjacent to an activating group) is 1. The quantitative estimate of drug-likeness (QED) is 0.460. The monoisotopic (exact) mass is 468 g/mol. The van der Waals surface area contributed by atoms with Crippen LogP contribution in [0.5, 0.6) is 5.75 Å². The van der Waals surface area contributed by atoms with Crippen LogP contribution in [-0.2, 0) is 4.79 Å². The van der Waals surface area contributed by atoms with Crippen molar-refractivity contribution in [1.82, 2.24) is 20.5 Å². The van der Waals surface area contributed by atoms with Crippen molar-refractivity contribution in [3.05, 3.63) is 39.3 Å². The predicted octanol–water partition coefficient (Wildman–Crippen LogP) is 1.77. The third-order valence-corrected chi connectivity index (χ3v) is 4.94. The highest BCUT2D eigenvalue weighted by Gasteiger charge is 2.48. The highest BCUT2D eigenvalue weighted by atomic mass is 79.9. The summed E-state index contributed by atoms with van der Waals surface area (Å²) in [5, 5.41) is 16.9. The van der Waals surface area contributed by atoms with Crippen molar-refractivity contribution in [2.45, 2.75) is 19.1 Å². The molecule has 1 aromatic rings. The maximum atomic E-state index is 12.4. The van der Waals surface area contributed by atoms with Crippen molar-refractivity contribution >= 4 is 51.6 Å². The summed E-state index contributed by atoms with van der Waals surface area (Å²) >= 11 is 9.26. The Balaban J connectivity index is 1.84. The number of phenolic OH excluding ortho intramolecular Hbond substituents is 1. The minimum Gasteiger partial charge on any atom is -0.507 e. The molecule has 1 saturated heterocycles.